The molecule has 0 fully saturated rings. The molecule has 0 heterocycles. The van der Waals surface area contributed by atoms with Crippen LogP contribution in [-0.2, 0) is 6.42 Å². The van der Waals surface area contributed by atoms with E-state index in [1.54, 1.807) is 0 Å². The number of hydrogen-bond donors (Lipinski definition) is 1. The van der Waals surface area contributed by atoms with Crippen LogP contribution in [0.2, 0.25) is 0 Å². The van der Waals surface area contributed by atoms with Crippen molar-refractivity contribution in [1.82, 2.24) is 0 Å². The molecule has 0 spiro atoms. The van der Waals surface area contributed by atoms with Crippen molar-refractivity contribution in [3.05, 3.63) is 29.8 Å². The van der Waals surface area contributed by atoms with Crippen molar-refractivity contribution in [3.63, 3.8) is 0 Å². The molecule has 15 heavy (non-hydrogen) atoms. The van der Waals surface area contributed by atoms with Crippen LogP contribution in [0.25, 0.3) is 0 Å². The van der Waals surface area contributed by atoms with Crippen LogP contribution in [0.3, 0.4) is 0 Å². The summed E-state index contributed by atoms with van der Waals surface area (Å²) >= 11 is 6.25. The van der Waals surface area contributed by atoms with E-state index in [4.69, 9.17) is 0 Å². The van der Waals surface area contributed by atoms with Gasteiger partial charge in [-0.1, -0.05) is 26.0 Å². The van der Waals surface area contributed by atoms with Gasteiger partial charge in [-0.3, -0.25) is 0 Å². The van der Waals surface area contributed by atoms with Gasteiger partial charge >= 0.3 is 0 Å². The number of rotatable bonds is 6. The Labute approximate surface area is 103 Å². The highest BCUT2D eigenvalue weighted by Gasteiger charge is 2.01. The van der Waals surface area contributed by atoms with Gasteiger partial charge in [0.25, 0.3) is 0 Å². The minimum atomic E-state index is 0.669. The first-order chi connectivity index (χ1) is 7.26. The van der Waals surface area contributed by atoms with Crippen LogP contribution in [0.15, 0.2) is 29.2 Å². The van der Waals surface area contributed by atoms with Gasteiger partial charge in [0.15, 0.2) is 0 Å². The maximum atomic E-state index is 4.31. The smallest absolute Gasteiger partial charge is 0.00721 e. The molecule has 0 N–H and O–H groups in total. The normalized spacial score (nSPS) is 12.7. The Morgan fingerprint density at radius 2 is 1.93 bits per heavy atom. The molecule has 0 nitrogen and oxygen atoms in total. The van der Waals surface area contributed by atoms with Crippen molar-refractivity contribution in [1.29, 1.82) is 0 Å². The van der Waals surface area contributed by atoms with Gasteiger partial charge in [-0.15, -0.1) is 11.8 Å². The average Bonchev–Trinajstić information content (AvgIpc) is 2.28. The molecule has 0 aliphatic heterocycles. The summed E-state index contributed by atoms with van der Waals surface area (Å²) in [7, 11) is 0. The third-order valence-corrected chi connectivity index (χ3v) is 4.13. The lowest BCUT2D eigenvalue weighted by molar-refractivity contribution is 0.660. The van der Waals surface area contributed by atoms with Crippen LogP contribution < -0.4 is 0 Å². The minimum Gasteiger partial charge on any atom is -0.179 e. The molecule has 1 aromatic carbocycles. The Balaban J connectivity index is 2.48. The molecule has 0 saturated carbocycles. The molecule has 0 saturated heterocycles. The Kier molecular flexibility index (Phi) is 6.26. The van der Waals surface area contributed by atoms with E-state index in [-0.39, 0.29) is 0 Å². The van der Waals surface area contributed by atoms with Gasteiger partial charge in [0.2, 0.25) is 0 Å². The zero-order valence-electron chi connectivity index (χ0n) is 9.57. The molecule has 0 aromatic heterocycles. The number of thioether (sulfide) groups is 1. The van der Waals surface area contributed by atoms with Crippen molar-refractivity contribution in [3.8, 4) is 0 Å². The van der Waals surface area contributed by atoms with Crippen LogP contribution in [0.5, 0.6) is 0 Å². The fraction of sp³-hybridized carbons (Fsp3) is 0.538. The zero-order valence-corrected chi connectivity index (χ0v) is 11.3. The van der Waals surface area contributed by atoms with E-state index in [1.807, 2.05) is 11.8 Å². The molecule has 1 unspecified atom stereocenters. The summed E-state index contributed by atoms with van der Waals surface area (Å²) in [4.78, 5) is 1.39. The fourth-order valence-corrected chi connectivity index (χ4v) is 2.31. The first-order valence-corrected chi connectivity index (χ1v) is 7.20. The summed E-state index contributed by atoms with van der Waals surface area (Å²) in [5.41, 5.74) is 1.43. The third kappa shape index (κ3) is 4.98. The van der Waals surface area contributed by atoms with Gasteiger partial charge in [0, 0.05) is 4.90 Å². The van der Waals surface area contributed by atoms with Crippen molar-refractivity contribution >= 4 is 24.4 Å². The van der Waals surface area contributed by atoms with Crippen molar-refractivity contribution in [2.75, 3.05) is 11.5 Å². The Bertz CT molecular complexity index is 266. The van der Waals surface area contributed by atoms with Crippen LogP contribution in [0.1, 0.15) is 25.8 Å². The highest BCUT2D eigenvalue weighted by atomic mass is 32.2. The number of hydrogen-bond acceptors (Lipinski definition) is 2. The van der Waals surface area contributed by atoms with Gasteiger partial charge in [-0.05, 0) is 48.0 Å². The standard InChI is InChI=1S/C13H20S2/c1-3-8-15-13-6-4-12(5-7-13)9-11(2)10-14/h4-7,11,14H,3,8-10H2,1-2H3. The predicted molar refractivity (Wildman–Crippen MR) is 74.2 cm³/mol. The van der Waals surface area contributed by atoms with E-state index in [2.05, 4.69) is 50.7 Å². The van der Waals surface area contributed by atoms with Crippen LogP contribution in [0, 0.1) is 5.92 Å². The summed E-state index contributed by atoms with van der Waals surface area (Å²) in [6.07, 6.45) is 2.38. The van der Waals surface area contributed by atoms with Crippen LogP contribution in [-0.4, -0.2) is 11.5 Å². The molecule has 0 radical (unpaired) electrons. The largest absolute Gasteiger partial charge is 0.179 e. The van der Waals surface area contributed by atoms with Gasteiger partial charge in [0.05, 0.1) is 0 Å². The highest BCUT2D eigenvalue weighted by molar-refractivity contribution is 7.99. The first-order valence-electron chi connectivity index (χ1n) is 5.58. The molecule has 0 aliphatic rings. The summed E-state index contributed by atoms with van der Waals surface area (Å²) in [5.74, 6) is 2.85. The molecule has 1 aromatic rings. The first kappa shape index (κ1) is 13.0. The average molecular weight is 240 g/mol. The summed E-state index contributed by atoms with van der Waals surface area (Å²) in [6, 6.07) is 8.97. The second-order valence-electron chi connectivity index (χ2n) is 3.98. The van der Waals surface area contributed by atoms with E-state index in [9.17, 15) is 0 Å². The molecule has 1 rings (SSSR count). The summed E-state index contributed by atoms with van der Waals surface area (Å²) < 4.78 is 0. The molecule has 2 heteroatoms. The Morgan fingerprint density at radius 3 is 2.47 bits per heavy atom. The Hall–Kier alpha value is -0.0800. The lowest BCUT2D eigenvalue weighted by atomic mass is 10.0. The monoisotopic (exact) mass is 240 g/mol. The van der Waals surface area contributed by atoms with Gasteiger partial charge < -0.3 is 0 Å². The molecule has 0 amide bonds. The third-order valence-electron chi connectivity index (χ3n) is 2.29. The molecule has 1 atom stereocenters. The minimum absolute atomic E-state index is 0.669. The SMILES string of the molecule is CCCSc1ccc(CC(C)CS)cc1. The predicted octanol–water partition coefficient (Wildman–Crippen LogP) is 4.30. The van der Waals surface area contributed by atoms with Crippen molar-refractivity contribution in [2.45, 2.75) is 31.6 Å². The van der Waals surface area contributed by atoms with Gasteiger partial charge in [-0.25, -0.2) is 0 Å². The second-order valence-corrected chi connectivity index (χ2v) is 5.52. The van der Waals surface area contributed by atoms with Gasteiger partial charge in [-0.2, -0.15) is 12.6 Å². The zero-order chi connectivity index (χ0) is 11.1. The summed E-state index contributed by atoms with van der Waals surface area (Å²) in [5, 5.41) is 0. The van der Waals surface area contributed by atoms with E-state index < -0.39 is 0 Å². The topological polar surface area (TPSA) is 0 Å². The van der Waals surface area contributed by atoms with Crippen LogP contribution >= 0.6 is 24.4 Å². The highest BCUT2D eigenvalue weighted by Crippen LogP contribution is 2.20. The number of thiol groups is 1. The number of benzene rings is 1. The second kappa shape index (κ2) is 7.24. The molecule has 84 valence electrons. The Morgan fingerprint density at radius 1 is 1.27 bits per heavy atom. The van der Waals surface area contributed by atoms with Crippen molar-refractivity contribution < 1.29 is 0 Å². The molecule has 0 aliphatic carbocycles. The molecular weight excluding hydrogens is 220 g/mol. The van der Waals surface area contributed by atoms with Gasteiger partial charge in [0.1, 0.15) is 0 Å². The van der Waals surface area contributed by atoms with E-state index in [0.717, 1.165) is 12.2 Å². The quantitative estimate of drug-likeness (QED) is 0.571. The maximum Gasteiger partial charge on any atom is 0.00721 e. The van der Waals surface area contributed by atoms with E-state index in [0.29, 0.717) is 5.92 Å². The molecule has 0 bridgehead atoms. The van der Waals surface area contributed by atoms with Crippen molar-refractivity contribution in [2.24, 2.45) is 5.92 Å². The maximum absolute atomic E-state index is 4.31. The fourth-order valence-electron chi connectivity index (χ4n) is 1.41. The molecular formula is C13H20S2. The van der Waals surface area contributed by atoms with E-state index in [1.165, 1.54) is 22.6 Å². The lowest BCUT2D eigenvalue weighted by Crippen LogP contribution is -2.00. The van der Waals surface area contributed by atoms with E-state index >= 15 is 0 Å². The van der Waals surface area contributed by atoms with Crippen LogP contribution in [0.4, 0.5) is 0 Å². The summed E-state index contributed by atoms with van der Waals surface area (Å²) in [6.45, 7) is 4.46. The lowest BCUT2D eigenvalue weighted by Gasteiger charge is -2.08.